The van der Waals surface area contributed by atoms with Crippen LogP contribution in [0.4, 0.5) is 0 Å². The Morgan fingerprint density at radius 1 is 1.21 bits per heavy atom. The standard InChI is InChI=1S/C11H23N3/c1-13(2)9-6-10-14-11(12-14)7-4-3-5-8-11/h12H,3-10H2,1-2H3. The lowest BCUT2D eigenvalue weighted by Crippen LogP contribution is -2.24. The molecule has 0 aromatic rings. The van der Waals surface area contributed by atoms with Crippen LogP contribution in [-0.4, -0.2) is 42.8 Å². The summed E-state index contributed by atoms with van der Waals surface area (Å²) in [5.41, 5.74) is 4.02. The van der Waals surface area contributed by atoms with Crippen LogP contribution in [0.15, 0.2) is 0 Å². The molecule has 0 aromatic carbocycles. The van der Waals surface area contributed by atoms with E-state index in [9.17, 15) is 0 Å². The Bertz CT molecular complexity index is 185. The highest BCUT2D eigenvalue weighted by Crippen LogP contribution is 2.39. The van der Waals surface area contributed by atoms with Crippen molar-refractivity contribution in [3.8, 4) is 0 Å². The zero-order valence-corrected chi connectivity index (χ0v) is 9.55. The molecule has 1 aliphatic heterocycles. The quantitative estimate of drug-likeness (QED) is 0.691. The van der Waals surface area contributed by atoms with Crippen LogP contribution in [0.5, 0.6) is 0 Å². The van der Waals surface area contributed by atoms with Crippen LogP contribution in [0.2, 0.25) is 0 Å². The van der Waals surface area contributed by atoms with Crippen LogP contribution in [0.1, 0.15) is 38.5 Å². The van der Waals surface area contributed by atoms with E-state index in [-0.39, 0.29) is 0 Å². The molecule has 0 amide bonds. The van der Waals surface area contributed by atoms with Gasteiger partial charge in [-0.05, 0) is 39.9 Å². The van der Waals surface area contributed by atoms with Gasteiger partial charge in [0.1, 0.15) is 0 Å². The lowest BCUT2D eigenvalue weighted by Gasteiger charge is -2.20. The molecule has 1 N–H and O–H groups in total. The molecule has 1 unspecified atom stereocenters. The van der Waals surface area contributed by atoms with Gasteiger partial charge in [0.2, 0.25) is 0 Å². The number of nitrogens with zero attached hydrogens (tertiary/aromatic N) is 2. The van der Waals surface area contributed by atoms with Gasteiger partial charge in [-0.25, -0.2) is 10.4 Å². The zero-order valence-electron chi connectivity index (χ0n) is 9.55. The number of hydrogen-bond donors (Lipinski definition) is 1. The van der Waals surface area contributed by atoms with Crippen molar-refractivity contribution in [1.29, 1.82) is 0 Å². The van der Waals surface area contributed by atoms with E-state index in [0.29, 0.717) is 5.66 Å². The third-order valence-electron chi connectivity index (χ3n) is 3.48. The fourth-order valence-electron chi connectivity index (χ4n) is 2.56. The van der Waals surface area contributed by atoms with Crippen LogP contribution < -0.4 is 5.43 Å². The van der Waals surface area contributed by atoms with E-state index in [1.54, 1.807) is 0 Å². The van der Waals surface area contributed by atoms with Gasteiger partial charge in [-0.15, -0.1) is 0 Å². The van der Waals surface area contributed by atoms with Crippen molar-refractivity contribution < 1.29 is 0 Å². The minimum Gasteiger partial charge on any atom is -0.309 e. The molecule has 2 rings (SSSR count). The summed E-state index contributed by atoms with van der Waals surface area (Å²) in [6.07, 6.45) is 8.29. The second-order valence-electron chi connectivity index (χ2n) is 5.01. The molecule has 1 aliphatic carbocycles. The van der Waals surface area contributed by atoms with Gasteiger partial charge in [0.05, 0.1) is 5.66 Å². The van der Waals surface area contributed by atoms with Crippen molar-refractivity contribution in [2.45, 2.75) is 44.2 Å². The number of hydrogen-bond acceptors (Lipinski definition) is 3. The summed E-state index contributed by atoms with van der Waals surface area (Å²) in [5, 5.41) is 2.47. The van der Waals surface area contributed by atoms with Crippen molar-refractivity contribution in [1.82, 2.24) is 15.3 Å². The average Bonchev–Trinajstić information content (AvgIpc) is 2.79. The highest BCUT2D eigenvalue weighted by molar-refractivity contribution is 4.99. The number of nitrogens with one attached hydrogen (secondary N) is 1. The zero-order chi connectivity index (χ0) is 10.0. The van der Waals surface area contributed by atoms with E-state index in [1.807, 2.05) is 0 Å². The monoisotopic (exact) mass is 197 g/mol. The molecule has 1 saturated heterocycles. The summed E-state index contributed by atoms with van der Waals surface area (Å²) in [4.78, 5) is 2.26. The van der Waals surface area contributed by atoms with Crippen LogP contribution in [-0.2, 0) is 0 Å². The molecule has 2 aliphatic rings. The molecule has 0 bridgehead atoms. The van der Waals surface area contributed by atoms with Gasteiger partial charge >= 0.3 is 0 Å². The van der Waals surface area contributed by atoms with E-state index >= 15 is 0 Å². The third kappa shape index (κ3) is 2.27. The minimum atomic E-state index is 0.449. The second kappa shape index (κ2) is 4.17. The molecule has 1 spiro atoms. The lowest BCUT2D eigenvalue weighted by molar-refractivity contribution is 0.294. The second-order valence-corrected chi connectivity index (χ2v) is 5.01. The van der Waals surface area contributed by atoms with Crippen LogP contribution in [0.3, 0.4) is 0 Å². The number of rotatable bonds is 4. The first-order valence-electron chi connectivity index (χ1n) is 5.93. The highest BCUT2D eigenvalue weighted by atomic mass is 15.8. The maximum Gasteiger partial charge on any atom is 0.0974 e. The molecule has 3 nitrogen and oxygen atoms in total. The Labute approximate surface area is 87.4 Å². The van der Waals surface area contributed by atoms with Crippen molar-refractivity contribution in [2.75, 3.05) is 27.2 Å². The van der Waals surface area contributed by atoms with Gasteiger partial charge in [0.15, 0.2) is 0 Å². The molecule has 14 heavy (non-hydrogen) atoms. The first kappa shape index (κ1) is 10.4. The fraction of sp³-hybridized carbons (Fsp3) is 1.00. The van der Waals surface area contributed by atoms with Crippen molar-refractivity contribution in [3.05, 3.63) is 0 Å². The average molecular weight is 197 g/mol. The summed E-state index contributed by atoms with van der Waals surface area (Å²) < 4.78 is 0. The maximum atomic E-state index is 3.57. The van der Waals surface area contributed by atoms with Gasteiger partial charge in [0.25, 0.3) is 0 Å². The van der Waals surface area contributed by atoms with Gasteiger partial charge in [-0.1, -0.05) is 19.3 Å². The number of hydrazine groups is 1. The van der Waals surface area contributed by atoms with Crippen molar-refractivity contribution in [2.24, 2.45) is 0 Å². The van der Waals surface area contributed by atoms with Crippen LogP contribution in [0, 0.1) is 0 Å². The topological polar surface area (TPSA) is 28.2 Å². The molecule has 1 saturated carbocycles. The molecular formula is C11H23N3. The first-order valence-corrected chi connectivity index (χ1v) is 5.93. The van der Waals surface area contributed by atoms with Crippen LogP contribution in [0.25, 0.3) is 0 Å². The summed E-state index contributed by atoms with van der Waals surface area (Å²) in [6.45, 7) is 2.42. The fourth-order valence-corrected chi connectivity index (χ4v) is 2.56. The highest BCUT2D eigenvalue weighted by Gasteiger charge is 2.50. The predicted molar refractivity (Wildman–Crippen MR) is 58.8 cm³/mol. The predicted octanol–water partition coefficient (Wildman–Crippen LogP) is 1.42. The van der Waals surface area contributed by atoms with E-state index in [2.05, 4.69) is 29.4 Å². The van der Waals surface area contributed by atoms with Gasteiger partial charge < -0.3 is 4.90 Å². The Morgan fingerprint density at radius 2 is 1.93 bits per heavy atom. The summed E-state index contributed by atoms with van der Waals surface area (Å²) in [6, 6.07) is 0. The molecule has 2 fully saturated rings. The molecule has 82 valence electrons. The van der Waals surface area contributed by atoms with E-state index in [1.165, 1.54) is 51.6 Å². The lowest BCUT2D eigenvalue weighted by atomic mass is 9.92. The largest absolute Gasteiger partial charge is 0.309 e. The maximum absolute atomic E-state index is 3.57. The molecule has 0 radical (unpaired) electrons. The Balaban J connectivity index is 1.65. The normalized spacial score (nSPS) is 29.8. The Morgan fingerprint density at radius 3 is 2.57 bits per heavy atom. The van der Waals surface area contributed by atoms with Gasteiger partial charge in [-0.3, -0.25) is 0 Å². The van der Waals surface area contributed by atoms with E-state index in [4.69, 9.17) is 0 Å². The smallest absolute Gasteiger partial charge is 0.0974 e. The van der Waals surface area contributed by atoms with Gasteiger partial charge in [0, 0.05) is 6.54 Å². The van der Waals surface area contributed by atoms with Crippen molar-refractivity contribution >= 4 is 0 Å². The van der Waals surface area contributed by atoms with Gasteiger partial charge in [-0.2, -0.15) is 0 Å². The molecule has 3 heteroatoms. The summed E-state index contributed by atoms with van der Waals surface area (Å²) >= 11 is 0. The third-order valence-corrected chi connectivity index (χ3v) is 3.48. The van der Waals surface area contributed by atoms with E-state index in [0.717, 1.165) is 0 Å². The van der Waals surface area contributed by atoms with E-state index < -0.39 is 0 Å². The molecule has 1 atom stereocenters. The molecule has 1 heterocycles. The molecule has 0 aromatic heterocycles. The SMILES string of the molecule is CN(C)CCCN1NC12CCCCC2. The Kier molecular flexibility index (Phi) is 3.10. The Hall–Kier alpha value is -0.120. The first-order chi connectivity index (χ1) is 6.73. The minimum absolute atomic E-state index is 0.449. The summed E-state index contributed by atoms with van der Waals surface area (Å²) in [5.74, 6) is 0. The summed E-state index contributed by atoms with van der Waals surface area (Å²) in [7, 11) is 4.29. The molecular weight excluding hydrogens is 174 g/mol. The van der Waals surface area contributed by atoms with Crippen LogP contribution >= 0.6 is 0 Å². The van der Waals surface area contributed by atoms with Crippen molar-refractivity contribution in [3.63, 3.8) is 0 Å².